The van der Waals surface area contributed by atoms with Gasteiger partial charge in [-0.2, -0.15) is 4.98 Å². The van der Waals surface area contributed by atoms with E-state index in [1.165, 1.54) is 0 Å². The van der Waals surface area contributed by atoms with Crippen molar-refractivity contribution in [3.05, 3.63) is 23.7 Å². The van der Waals surface area contributed by atoms with Crippen molar-refractivity contribution in [1.29, 1.82) is 0 Å². The Balaban J connectivity index is 1.68. The summed E-state index contributed by atoms with van der Waals surface area (Å²) in [5, 5.41) is 17.3. The summed E-state index contributed by atoms with van der Waals surface area (Å²) in [6.45, 7) is 8.14. The van der Waals surface area contributed by atoms with Crippen molar-refractivity contribution in [2.45, 2.75) is 46.1 Å². The van der Waals surface area contributed by atoms with Gasteiger partial charge in [-0.05, 0) is 52.0 Å². The quantitative estimate of drug-likeness (QED) is 0.430. The molecule has 1 saturated carbocycles. The van der Waals surface area contributed by atoms with Gasteiger partial charge in [0.15, 0.2) is 0 Å². The van der Waals surface area contributed by atoms with E-state index in [0.717, 1.165) is 57.3 Å². The molecule has 3 aromatic heterocycles. The molecule has 0 unspecified atom stereocenters. The second-order valence-electron chi connectivity index (χ2n) is 7.94. The fourth-order valence-electron chi connectivity index (χ4n) is 4.05. The van der Waals surface area contributed by atoms with E-state index in [1.807, 2.05) is 33.0 Å². The first kappa shape index (κ1) is 21.9. The summed E-state index contributed by atoms with van der Waals surface area (Å²) in [6, 6.07) is 2.28. The molecule has 0 saturated heterocycles. The first-order chi connectivity index (χ1) is 15.1. The van der Waals surface area contributed by atoms with Gasteiger partial charge < -0.3 is 20.5 Å². The summed E-state index contributed by atoms with van der Waals surface area (Å²) in [7, 11) is 0. The number of anilines is 2. The summed E-state index contributed by atoms with van der Waals surface area (Å²) >= 11 is 1.63. The van der Waals surface area contributed by atoms with Crippen LogP contribution in [0.3, 0.4) is 0 Å². The number of nitrogens with one attached hydrogen (secondary N) is 2. The number of aliphatic hydroxyl groups excluding tert-OH is 1. The minimum Gasteiger partial charge on any atom is -0.396 e. The van der Waals surface area contributed by atoms with Crippen LogP contribution in [-0.2, 0) is 4.74 Å². The number of aryl methyl sites for hydroxylation is 2. The molecule has 31 heavy (non-hydrogen) atoms. The largest absolute Gasteiger partial charge is 0.396 e. The topological polar surface area (TPSA) is 105 Å². The maximum atomic E-state index is 9.53. The molecule has 0 aliphatic heterocycles. The number of rotatable bonds is 9. The molecule has 1 fully saturated rings. The summed E-state index contributed by atoms with van der Waals surface area (Å²) < 4.78 is 6.52. The van der Waals surface area contributed by atoms with Crippen LogP contribution in [0.4, 0.5) is 11.8 Å². The molecule has 8 nitrogen and oxygen atoms in total. The highest BCUT2D eigenvalue weighted by molar-refractivity contribution is 7.21. The SMILES string of the molecule is CCOCCNc1nc(C)c(-c2nc3c(C)nccc3s2)c(N[C@H]2CC[C@@H](CO)C2)n1. The number of aromatic nitrogens is 4. The number of thiazole rings is 1. The van der Waals surface area contributed by atoms with Gasteiger partial charge in [0.25, 0.3) is 0 Å². The smallest absolute Gasteiger partial charge is 0.224 e. The van der Waals surface area contributed by atoms with E-state index in [9.17, 15) is 5.11 Å². The highest BCUT2D eigenvalue weighted by Crippen LogP contribution is 2.38. The van der Waals surface area contributed by atoms with Crippen LogP contribution in [0.25, 0.3) is 20.8 Å². The fraction of sp³-hybridized carbons (Fsp3) is 0.545. The van der Waals surface area contributed by atoms with Crippen LogP contribution in [0, 0.1) is 19.8 Å². The van der Waals surface area contributed by atoms with Gasteiger partial charge in [-0.1, -0.05) is 0 Å². The lowest BCUT2D eigenvalue weighted by atomic mass is 10.1. The van der Waals surface area contributed by atoms with Gasteiger partial charge in [0.2, 0.25) is 5.95 Å². The predicted octanol–water partition coefficient (Wildman–Crippen LogP) is 3.79. The van der Waals surface area contributed by atoms with Crippen molar-refractivity contribution in [3.8, 4) is 10.6 Å². The number of hydrogen-bond acceptors (Lipinski definition) is 9. The highest BCUT2D eigenvalue weighted by Gasteiger charge is 2.26. The molecule has 0 spiro atoms. The predicted molar refractivity (Wildman–Crippen MR) is 125 cm³/mol. The minimum absolute atomic E-state index is 0.238. The van der Waals surface area contributed by atoms with E-state index in [-0.39, 0.29) is 12.6 Å². The summed E-state index contributed by atoms with van der Waals surface area (Å²) in [5.74, 6) is 1.72. The van der Waals surface area contributed by atoms with Crippen LogP contribution in [-0.4, -0.2) is 57.4 Å². The lowest BCUT2D eigenvalue weighted by Crippen LogP contribution is -2.20. The van der Waals surface area contributed by atoms with Crippen LogP contribution < -0.4 is 10.6 Å². The van der Waals surface area contributed by atoms with Crippen molar-refractivity contribution in [2.75, 3.05) is 37.0 Å². The van der Waals surface area contributed by atoms with Crippen molar-refractivity contribution >= 4 is 33.3 Å². The zero-order valence-electron chi connectivity index (χ0n) is 18.3. The van der Waals surface area contributed by atoms with E-state index >= 15 is 0 Å². The molecule has 0 bridgehead atoms. The average molecular weight is 443 g/mol. The zero-order chi connectivity index (χ0) is 21.8. The summed E-state index contributed by atoms with van der Waals surface area (Å²) in [4.78, 5) is 18.8. The third-order valence-corrected chi connectivity index (χ3v) is 6.71. The number of hydrogen-bond donors (Lipinski definition) is 3. The Morgan fingerprint density at radius 1 is 1.19 bits per heavy atom. The average Bonchev–Trinajstić information content (AvgIpc) is 3.38. The Hall–Kier alpha value is -2.36. The van der Waals surface area contributed by atoms with Crippen LogP contribution >= 0.6 is 11.3 Å². The third kappa shape index (κ3) is 4.94. The molecular formula is C22H30N6O2S. The van der Waals surface area contributed by atoms with Crippen LogP contribution in [0.1, 0.15) is 37.6 Å². The highest BCUT2D eigenvalue weighted by atomic mass is 32.1. The van der Waals surface area contributed by atoms with E-state index in [0.29, 0.717) is 31.6 Å². The normalized spacial score (nSPS) is 18.6. The molecule has 1 aliphatic rings. The first-order valence-corrected chi connectivity index (χ1v) is 11.7. The molecular weight excluding hydrogens is 412 g/mol. The maximum absolute atomic E-state index is 9.53. The van der Waals surface area contributed by atoms with Crippen LogP contribution in [0.5, 0.6) is 0 Å². The lowest BCUT2D eigenvalue weighted by molar-refractivity contribution is 0.158. The third-order valence-electron chi connectivity index (χ3n) is 5.67. The van der Waals surface area contributed by atoms with Gasteiger partial charge in [0.1, 0.15) is 16.3 Å². The molecule has 1 aliphatic carbocycles. The van der Waals surface area contributed by atoms with Gasteiger partial charge in [0, 0.05) is 32.0 Å². The Kier molecular flexibility index (Phi) is 6.94. The first-order valence-electron chi connectivity index (χ1n) is 10.9. The second-order valence-corrected chi connectivity index (χ2v) is 8.98. The molecule has 0 amide bonds. The minimum atomic E-state index is 0.238. The number of nitrogens with zero attached hydrogens (tertiary/aromatic N) is 4. The summed E-state index contributed by atoms with van der Waals surface area (Å²) in [6.07, 6.45) is 4.80. The molecule has 3 aromatic rings. The summed E-state index contributed by atoms with van der Waals surface area (Å²) in [5.41, 5.74) is 3.65. The Morgan fingerprint density at radius 2 is 2.06 bits per heavy atom. The van der Waals surface area contributed by atoms with Gasteiger partial charge in [-0.15, -0.1) is 11.3 Å². The number of fused-ring (bicyclic) bond motifs is 1. The number of aliphatic hydroxyl groups is 1. The molecule has 0 aromatic carbocycles. The molecule has 9 heteroatoms. The maximum Gasteiger partial charge on any atom is 0.224 e. The van der Waals surface area contributed by atoms with E-state index in [4.69, 9.17) is 19.7 Å². The van der Waals surface area contributed by atoms with Crippen molar-refractivity contribution in [1.82, 2.24) is 19.9 Å². The van der Waals surface area contributed by atoms with Crippen molar-refractivity contribution < 1.29 is 9.84 Å². The molecule has 166 valence electrons. The van der Waals surface area contributed by atoms with Crippen LogP contribution in [0.15, 0.2) is 12.3 Å². The van der Waals surface area contributed by atoms with E-state index in [2.05, 4.69) is 15.6 Å². The Bertz CT molecular complexity index is 1040. The van der Waals surface area contributed by atoms with Gasteiger partial charge >= 0.3 is 0 Å². The monoisotopic (exact) mass is 442 g/mol. The molecule has 2 atom stereocenters. The molecule has 3 heterocycles. The van der Waals surface area contributed by atoms with Gasteiger partial charge in [-0.3, -0.25) is 4.98 Å². The van der Waals surface area contributed by atoms with E-state index < -0.39 is 0 Å². The second kappa shape index (κ2) is 9.84. The number of ether oxygens (including phenoxy) is 1. The van der Waals surface area contributed by atoms with E-state index in [1.54, 1.807) is 11.3 Å². The zero-order valence-corrected chi connectivity index (χ0v) is 19.1. The Labute approximate surface area is 186 Å². The molecule has 0 radical (unpaired) electrons. The molecule has 4 rings (SSSR count). The van der Waals surface area contributed by atoms with Gasteiger partial charge in [0.05, 0.1) is 28.3 Å². The molecule has 3 N–H and O–H groups in total. The van der Waals surface area contributed by atoms with Crippen molar-refractivity contribution in [2.24, 2.45) is 5.92 Å². The fourth-order valence-corrected chi connectivity index (χ4v) is 5.16. The van der Waals surface area contributed by atoms with Crippen molar-refractivity contribution in [3.63, 3.8) is 0 Å². The number of pyridine rings is 1. The standard InChI is InChI=1S/C22H30N6O2S/c1-4-30-10-9-24-22-25-13(2)18(20(28-22)26-16-6-5-15(11-16)12-29)21-27-19-14(3)23-8-7-17(19)31-21/h7-8,15-16,29H,4-6,9-12H2,1-3H3,(H2,24,25,26,28)/t15-,16+/m1/s1. The lowest BCUT2D eigenvalue weighted by Gasteiger charge is -2.18. The Morgan fingerprint density at radius 3 is 2.81 bits per heavy atom. The van der Waals surface area contributed by atoms with Gasteiger partial charge in [-0.25, -0.2) is 9.97 Å². The van der Waals surface area contributed by atoms with Crippen LogP contribution in [0.2, 0.25) is 0 Å².